The molecule has 1 aliphatic carbocycles. The molecule has 100 valence electrons. The number of carbonyl (C=O) groups is 1. The number of terminal acetylenes is 1. The van der Waals surface area contributed by atoms with Crippen LogP contribution in [0.1, 0.15) is 30.1 Å². The molecule has 19 heavy (non-hydrogen) atoms. The van der Waals surface area contributed by atoms with Gasteiger partial charge in [-0.15, -0.1) is 6.42 Å². The fourth-order valence-electron chi connectivity index (χ4n) is 2.27. The third kappa shape index (κ3) is 3.27. The topological polar surface area (TPSA) is 58.6 Å². The van der Waals surface area contributed by atoms with Crippen molar-refractivity contribution in [1.82, 2.24) is 5.32 Å². The SMILES string of the molecule is C#CCNC(=O)COc1cccc2c1CCCC2O. The van der Waals surface area contributed by atoms with E-state index in [1.54, 1.807) is 0 Å². The summed E-state index contributed by atoms with van der Waals surface area (Å²) >= 11 is 0. The van der Waals surface area contributed by atoms with Gasteiger partial charge in [0.05, 0.1) is 12.6 Å². The lowest BCUT2D eigenvalue weighted by Crippen LogP contribution is -2.29. The molecule has 2 rings (SSSR count). The van der Waals surface area contributed by atoms with Gasteiger partial charge in [0.15, 0.2) is 6.61 Å². The second kappa shape index (κ2) is 6.26. The fourth-order valence-corrected chi connectivity index (χ4v) is 2.27. The van der Waals surface area contributed by atoms with Gasteiger partial charge in [0.2, 0.25) is 0 Å². The molecule has 0 fully saturated rings. The first-order valence-corrected chi connectivity index (χ1v) is 6.35. The molecule has 0 saturated heterocycles. The van der Waals surface area contributed by atoms with Gasteiger partial charge in [0.25, 0.3) is 5.91 Å². The lowest BCUT2D eigenvalue weighted by molar-refractivity contribution is -0.122. The van der Waals surface area contributed by atoms with Gasteiger partial charge in [-0.25, -0.2) is 0 Å². The molecule has 0 saturated carbocycles. The third-order valence-electron chi connectivity index (χ3n) is 3.18. The Kier molecular flexibility index (Phi) is 4.43. The summed E-state index contributed by atoms with van der Waals surface area (Å²) in [5.41, 5.74) is 1.92. The van der Waals surface area contributed by atoms with Crippen molar-refractivity contribution in [1.29, 1.82) is 0 Å². The van der Waals surface area contributed by atoms with Crippen molar-refractivity contribution in [2.24, 2.45) is 0 Å². The number of amides is 1. The van der Waals surface area contributed by atoms with Gasteiger partial charge in [-0.3, -0.25) is 4.79 Å². The van der Waals surface area contributed by atoms with E-state index < -0.39 is 6.10 Å². The van der Waals surface area contributed by atoms with Crippen molar-refractivity contribution in [3.05, 3.63) is 29.3 Å². The van der Waals surface area contributed by atoms with Crippen LogP contribution >= 0.6 is 0 Å². The number of benzene rings is 1. The van der Waals surface area contributed by atoms with Crippen LogP contribution in [0, 0.1) is 12.3 Å². The Labute approximate surface area is 112 Å². The predicted octanol–water partition coefficient (Wildman–Crippen LogP) is 1.18. The van der Waals surface area contributed by atoms with Crippen LogP contribution in [-0.4, -0.2) is 24.2 Å². The molecule has 0 heterocycles. The van der Waals surface area contributed by atoms with Crippen molar-refractivity contribution in [2.75, 3.05) is 13.2 Å². The monoisotopic (exact) mass is 259 g/mol. The maximum Gasteiger partial charge on any atom is 0.258 e. The highest BCUT2D eigenvalue weighted by Gasteiger charge is 2.21. The molecule has 1 amide bonds. The largest absolute Gasteiger partial charge is 0.483 e. The Bertz CT molecular complexity index is 505. The van der Waals surface area contributed by atoms with Crippen LogP contribution in [0.25, 0.3) is 0 Å². The van der Waals surface area contributed by atoms with Crippen molar-refractivity contribution in [2.45, 2.75) is 25.4 Å². The summed E-state index contributed by atoms with van der Waals surface area (Å²) in [7, 11) is 0. The van der Waals surface area contributed by atoms with Gasteiger partial charge < -0.3 is 15.2 Å². The standard InChI is InChI=1S/C15H17NO3/c1-2-9-16-15(18)10-19-14-8-4-5-11-12(14)6-3-7-13(11)17/h1,4-5,8,13,17H,3,6-7,9-10H2,(H,16,18). The van der Waals surface area contributed by atoms with Gasteiger partial charge in [0, 0.05) is 0 Å². The fraction of sp³-hybridized carbons (Fsp3) is 0.400. The first kappa shape index (κ1) is 13.4. The van der Waals surface area contributed by atoms with Crippen molar-refractivity contribution in [3.8, 4) is 18.1 Å². The maximum absolute atomic E-state index is 11.4. The third-order valence-corrected chi connectivity index (χ3v) is 3.18. The molecule has 1 unspecified atom stereocenters. The second-order valence-corrected chi connectivity index (χ2v) is 4.50. The summed E-state index contributed by atoms with van der Waals surface area (Å²) in [5.74, 6) is 2.76. The molecule has 0 bridgehead atoms. The number of rotatable bonds is 4. The van der Waals surface area contributed by atoms with Crippen LogP contribution in [0.15, 0.2) is 18.2 Å². The van der Waals surface area contributed by atoms with E-state index in [-0.39, 0.29) is 19.1 Å². The smallest absolute Gasteiger partial charge is 0.258 e. The maximum atomic E-state index is 11.4. The molecule has 4 nitrogen and oxygen atoms in total. The Morgan fingerprint density at radius 3 is 3.21 bits per heavy atom. The number of aliphatic hydroxyl groups is 1. The summed E-state index contributed by atoms with van der Waals surface area (Å²) in [6, 6.07) is 5.57. The lowest BCUT2D eigenvalue weighted by atomic mass is 9.89. The minimum Gasteiger partial charge on any atom is -0.483 e. The van der Waals surface area contributed by atoms with Gasteiger partial charge in [-0.2, -0.15) is 0 Å². The van der Waals surface area contributed by atoms with Gasteiger partial charge in [-0.05, 0) is 36.5 Å². The van der Waals surface area contributed by atoms with Gasteiger partial charge in [0.1, 0.15) is 5.75 Å². The summed E-state index contributed by atoms with van der Waals surface area (Å²) in [6.45, 7) is 0.141. The van der Waals surface area contributed by atoms with Crippen LogP contribution in [0.3, 0.4) is 0 Å². The predicted molar refractivity (Wildman–Crippen MR) is 71.7 cm³/mol. The summed E-state index contributed by atoms with van der Waals surface area (Å²) in [6.07, 6.45) is 7.20. The number of hydrogen-bond acceptors (Lipinski definition) is 3. The Morgan fingerprint density at radius 2 is 2.42 bits per heavy atom. The minimum atomic E-state index is -0.428. The second-order valence-electron chi connectivity index (χ2n) is 4.50. The number of nitrogens with one attached hydrogen (secondary N) is 1. The molecular weight excluding hydrogens is 242 g/mol. The average Bonchev–Trinajstić information content (AvgIpc) is 2.43. The zero-order chi connectivity index (χ0) is 13.7. The molecule has 1 aromatic carbocycles. The first-order valence-electron chi connectivity index (χ1n) is 6.35. The summed E-state index contributed by atoms with van der Waals surface area (Å²) < 4.78 is 5.52. The van der Waals surface area contributed by atoms with E-state index in [4.69, 9.17) is 11.2 Å². The van der Waals surface area contributed by atoms with E-state index >= 15 is 0 Å². The van der Waals surface area contributed by atoms with Crippen LogP contribution < -0.4 is 10.1 Å². The number of fused-ring (bicyclic) bond motifs is 1. The minimum absolute atomic E-state index is 0.0613. The highest BCUT2D eigenvalue weighted by molar-refractivity contribution is 5.77. The molecule has 0 radical (unpaired) electrons. The number of ether oxygens (including phenoxy) is 1. The molecule has 2 N–H and O–H groups in total. The summed E-state index contributed by atoms with van der Waals surface area (Å²) in [5, 5.41) is 12.5. The van der Waals surface area contributed by atoms with Gasteiger partial charge >= 0.3 is 0 Å². The molecule has 1 aromatic rings. The molecule has 0 aromatic heterocycles. The molecule has 4 heteroatoms. The van der Waals surface area contributed by atoms with Crippen LogP contribution in [0.2, 0.25) is 0 Å². The zero-order valence-corrected chi connectivity index (χ0v) is 10.7. The van der Waals surface area contributed by atoms with E-state index in [9.17, 15) is 9.90 Å². The van der Waals surface area contributed by atoms with E-state index in [1.807, 2.05) is 18.2 Å². The molecule has 1 aliphatic rings. The Balaban J connectivity index is 2.03. The lowest BCUT2D eigenvalue weighted by Gasteiger charge is -2.23. The Hall–Kier alpha value is -1.99. The Morgan fingerprint density at radius 1 is 1.58 bits per heavy atom. The first-order chi connectivity index (χ1) is 9.22. The number of aliphatic hydroxyl groups excluding tert-OH is 1. The highest BCUT2D eigenvalue weighted by Crippen LogP contribution is 2.35. The normalized spacial score (nSPS) is 17.2. The highest BCUT2D eigenvalue weighted by atomic mass is 16.5. The van der Waals surface area contributed by atoms with E-state index in [2.05, 4.69) is 11.2 Å². The number of hydrogen-bond donors (Lipinski definition) is 2. The van der Waals surface area contributed by atoms with Crippen LogP contribution in [0.4, 0.5) is 0 Å². The van der Waals surface area contributed by atoms with Crippen molar-refractivity contribution >= 4 is 5.91 Å². The summed E-state index contributed by atoms with van der Waals surface area (Å²) in [4.78, 5) is 11.4. The van der Waals surface area contributed by atoms with Gasteiger partial charge in [-0.1, -0.05) is 18.1 Å². The zero-order valence-electron chi connectivity index (χ0n) is 10.7. The molecule has 1 atom stereocenters. The molecular formula is C15H17NO3. The van der Waals surface area contributed by atoms with Crippen molar-refractivity contribution in [3.63, 3.8) is 0 Å². The van der Waals surface area contributed by atoms with Crippen LogP contribution in [-0.2, 0) is 11.2 Å². The quantitative estimate of drug-likeness (QED) is 0.798. The average molecular weight is 259 g/mol. The van der Waals surface area contributed by atoms with E-state index in [0.717, 1.165) is 30.4 Å². The molecule has 0 spiro atoms. The van der Waals surface area contributed by atoms with Crippen molar-refractivity contribution < 1.29 is 14.6 Å². The number of carbonyl (C=O) groups excluding carboxylic acids is 1. The van der Waals surface area contributed by atoms with Crippen LogP contribution in [0.5, 0.6) is 5.75 Å². The van der Waals surface area contributed by atoms with E-state index in [0.29, 0.717) is 5.75 Å². The van der Waals surface area contributed by atoms with E-state index in [1.165, 1.54) is 0 Å². The molecule has 0 aliphatic heterocycles.